The molecule has 1 N–H and O–H groups in total. The van der Waals surface area contributed by atoms with Crippen LogP contribution in [0.15, 0.2) is 41.7 Å². The minimum atomic E-state index is -0.136. The quantitative estimate of drug-likeness (QED) is 0.323. The molecule has 5 nitrogen and oxygen atoms in total. The number of aliphatic hydroxyl groups excluding tert-OH is 1. The number of methoxy groups -OCH3 is 2. The summed E-state index contributed by atoms with van der Waals surface area (Å²) < 4.78 is 21.2. The summed E-state index contributed by atoms with van der Waals surface area (Å²) >= 11 is 0. The summed E-state index contributed by atoms with van der Waals surface area (Å²) in [5, 5.41) is 10.9. The van der Waals surface area contributed by atoms with Crippen LogP contribution >= 0.6 is 0 Å². The Morgan fingerprint density at radius 2 is 1.96 bits per heavy atom. The number of aryl methyl sites for hydroxylation is 1. The smallest absolute Gasteiger partial charge is 0.188 e. The zero-order valence-electron chi connectivity index (χ0n) is 17.6. The molecular weight excluding hydrogens is 356 g/mol. The highest BCUT2D eigenvalue weighted by Gasteiger charge is 2.34. The highest BCUT2D eigenvalue weighted by molar-refractivity contribution is 5.45. The van der Waals surface area contributed by atoms with Crippen LogP contribution in [0.3, 0.4) is 0 Å². The van der Waals surface area contributed by atoms with Crippen LogP contribution in [0.1, 0.15) is 50.2 Å². The Balaban J connectivity index is 2.32. The molecule has 156 valence electrons. The lowest BCUT2D eigenvalue weighted by Crippen LogP contribution is -2.22. The maximum Gasteiger partial charge on any atom is 0.188 e. The first-order valence-corrected chi connectivity index (χ1v) is 9.84. The van der Waals surface area contributed by atoms with Gasteiger partial charge in [0.25, 0.3) is 0 Å². The van der Waals surface area contributed by atoms with Crippen molar-refractivity contribution in [3.05, 3.63) is 52.8 Å². The summed E-state index contributed by atoms with van der Waals surface area (Å²) in [5.41, 5.74) is 4.31. The van der Waals surface area contributed by atoms with Crippen molar-refractivity contribution in [2.75, 3.05) is 34.4 Å². The lowest BCUT2D eigenvalue weighted by atomic mass is 9.72. The second-order valence-electron chi connectivity index (χ2n) is 7.48. The molecule has 0 aromatic heterocycles. The fraction of sp³-hybridized carbons (Fsp3) is 0.565. The van der Waals surface area contributed by atoms with Crippen LogP contribution in [0.2, 0.25) is 0 Å². The van der Waals surface area contributed by atoms with Crippen LogP contribution in [-0.2, 0) is 20.6 Å². The fourth-order valence-electron chi connectivity index (χ4n) is 3.79. The van der Waals surface area contributed by atoms with Crippen LogP contribution in [-0.4, -0.2) is 39.5 Å². The summed E-state index contributed by atoms with van der Waals surface area (Å²) in [6, 6.07) is 6.19. The summed E-state index contributed by atoms with van der Waals surface area (Å²) in [5.74, 6) is 1.25. The van der Waals surface area contributed by atoms with Gasteiger partial charge >= 0.3 is 0 Å². The van der Waals surface area contributed by atoms with E-state index in [1.54, 1.807) is 14.2 Å². The van der Waals surface area contributed by atoms with E-state index in [0.717, 1.165) is 48.1 Å². The Hall–Kier alpha value is -1.82. The third-order valence-corrected chi connectivity index (χ3v) is 5.29. The molecule has 0 radical (unpaired) electrons. The largest absolute Gasteiger partial charge is 0.512 e. The van der Waals surface area contributed by atoms with Gasteiger partial charge in [-0.2, -0.15) is 0 Å². The highest BCUT2D eigenvalue weighted by Crippen LogP contribution is 2.46. The molecule has 0 bridgehead atoms. The third-order valence-electron chi connectivity index (χ3n) is 5.29. The summed E-state index contributed by atoms with van der Waals surface area (Å²) in [6.07, 6.45) is 3.66. The molecule has 1 aliphatic carbocycles. The average molecular weight is 391 g/mol. The summed E-state index contributed by atoms with van der Waals surface area (Å²) in [7, 11) is 3.22. The number of benzene rings is 1. The number of rotatable bonds is 11. The van der Waals surface area contributed by atoms with Gasteiger partial charge in [-0.05, 0) is 62.7 Å². The van der Waals surface area contributed by atoms with E-state index in [1.807, 2.05) is 19.9 Å². The zero-order chi connectivity index (χ0) is 20.5. The average Bonchev–Trinajstić information content (AvgIpc) is 2.68. The minimum absolute atomic E-state index is 0.136. The number of ether oxygens (including phenoxy) is 4. The molecule has 1 aromatic rings. The normalized spacial score (nSPS) is 19.7. The van der Waals surface area contributed by atoms with Crippen LogP contribution in [0.5, 0.6) is 5.75 Å². The topological polar surface area (TPSA) is 57.2 Å². The molecule has 2 atom stereocenters. The summed E-state index contributed by atoms with van der Waals surface area (Å²) in [4.78, 5) is 0. The standard InChI is InChI=1S/C23H34O5/c1-16(2)19-10-8-17(3)23(24)22(19)20-13-18(7-6-12-27-14-25-4)9-11-21(20)28-15-26-5/h9,11,13,19,22,24H,1,6-8,10,12,14-15H2,2-5H3/t19-,22+/m0/s1. The maximum absolute atomic E-state index is 10.9. The molecule has 0 spiro atoms. The van der Waals surface area contributed by atoms with E-state index in [-0.39, 0.29) is 18.6 Å². The lowest BCUT2D eigenvalue weighted by Gasteiger charge is -2.34. The van der Waals surface area contributed by atoms with E-state index in [2.05, 4.69) is 18.7 Å². The molecule has 5 heteroatoms. The maximum atomic E-state index is 10.9. The lowest BCUT2D eigenvalue weighted by molar-refractivity contribution is -0.0310. The van der Waals surface area contributed by atoms with Gasteiger partial charge in [-0.1, -0.05) is 24.3 Å². The first-order chi connectivity index (χ1) is 13.5. The van der Waals surface area contributed by atoms with Crippen molar-refractivity contribution in [2.24, 2.45) is 5.92 Å². The molecule has 1 aromatic carbocycles. The number of hydrogen-bond donors (Lipinski definition) is 1. The van der Waals surface area contributed by atoms with Crippen molar-refractivity contribution < 1.29 is 24.1 Å². The van der Waals surface area contributed by atoms with E-state index >= 15 is 0 Å². The van der Waals surface area contributed by atoms with Gasteiger partial charge in [-0.25, -0.2) is 0 Å². The van der Waals surface area contributed by atoms with Crippen LogP contribution in [0.4, 0.5) is 0 Å². The van der Waals surface area contributed by atoms with Gasteiger partial charge in [0, 0.05) is 26.4 Å². The molecule has 28 heavy (non-hydrogen) atoms. The van der Waals surface area contributed by atoms with Crippen LogP contribution < -0.4 is 4.74 Å². The van der Waals surface area contributed by atoms with Gasteiger partial charge < -0.3 is 24.1 Å². The van der Waals surface area contributed by atoms with Gasteiger partial charge in [0.05, 0.1) is 11.7 Å². The monoisotopic (exact) mass is 390 g/mol. The van der Waals surface area contributed by atoms with Crippen molar-refractivity contribution in [2.45, 2.75) is 45.4 Å². The van der Waals surface area contributed by atoms with Gasteiger partial charge in [-0.15, -0.1) is 0 Å². The second-order valence-corrected chi connectivity index (χ2v) is 7.48. The second kappa shape index (κ2) is 11.2. The minimum Gasteiger partial charge on any atom is -0.512 e. The Kier molecular flexibility index (Phi) is 9.03. The molecule has 0 saturated carbocycles. The Morgan fingerprint density at radius 3 is 2.64 bits per heavy atom. The highest BCUT2D eigenvalue weighted by atomic mass is 16.7. The van der Waals surface area contributed by atoms with Gasteiger partial charge in [0.2, 0.25) is 0 Å². The molecular formula is C23H34O5. The van der Waals surface area contributed by atoms with Crippen LogP contribution in [0, 0.1) is 5.92 Å². The Labute approximate surface area is 168 Å². The van der Waals surface area contributed by atoms with E-state index in [9.17, 15) is 5.11 Å². The van der Waals surface area contributed by atoms with Crippen molar-refractivity contribution in [1.29, 1.82) is 0 Å². The number of allylic oxidation sites excluding steroid dienone is 3. The molecule has 0 heterocycles. The zero-order valence-corrected chi connectivity index (χ0v) is 17.6. The first-order valence-electron chi connectivity index (χ1n) is 9.84. The van der Waals surface area contributed by atoms with Gasteiger partial charge in [-0.3, -0.25) is 0 Å². The van der Waals surface area contributed by atoms with E-state index in [0.29, 0.717) is 19.2 Å². The fourth-order valence-corrected chi connectivity index (χ4v) is 3.79. The molecule has 0 saturated heterocycles. The van der Waals surface area contributed by atoms with Gasteiger partial charge in [0.15, 0.2) is 6.79 Å². The van der Waals surface area contributed by atoms with Crippen molar-refractivity contribution in [1.82, 2.24) is 0 Å². The molecule has 0 fully saturated rings. The van der Waals surface area contributed by atoms with Crippen molar-refractivity contribution in [3.63, 3.8) is 0 Å². The third kappa shape index (κ3) is 5.84. The van der Waals surface area contributed by atoms with E-state index in [1.165, 1.54) is 5.56 Å². The van der Waals surface area contributed by atoms with E-state index in [4.69, 9.17) is 18.9 Å². The van der Waals surface area contributed by atoms with Gasteiger partial charge in [0.1, 0.15) is 12.5 Å². The van der Waals surface area contributed by atoms with E-state index < -0.39 is 0 Å². The molecule has 0 amide bonds. The number of hydrogen-bond acceptors (Lipinski definition) is 5. The summed E-state index contributed by atoms with van der Waals surface area (Å²) in [6.45, 7) is 9.36. The number of aliphatic hydroxyl groups is 1. The molecule has 0 unspecified atom stereocenters. The van der Waals surface area contributed by atoms with Crippen molar-refractivity contribution >= 4 is 0 Å². The van der Waals surface area contributed by atoms with Crippen LogP contribution in [0.25, 0.3) is 0 Å². The molecule has 0 aliphatic heterocycles. The Bertz CT molecular complexity index is 680. The molecule has 1 aliphatic rings. The SMILES string of the molecule is C=C(C)[C@@H]1CCC(C)=C(O)[C@H]1c1cc(CCCOCOC)ccc1OCOC. The van der Waals surface area contributed by atoms with Crippen molar-refractivity contribution in [3.8, 4) is 5.75 Å². The first kappa shape index (κ1) is 22.5. The molecule has 2 rings (SSSR count). The predicted molar refractivity (Wildman–Crippen MR) is 111 cm³/mol. The Morgan fingerprint density at radius 1 is 1.21 bits per heavy atom. The predicted octanol–water partition coefficient (Wildman–Crippen LogP) is 5.12.